The highest BCUT2D eigenvalue weighted by Crippen LogP contribution is 2.42. The number of phenols is 1. The third kappa shape index (κ3) is 2.64. The van der Waals surface area contributed by atoms with Crippen molar-refractivity contribution in [3.8, 4) is 17.1 Å². The van der Waals surface area contributed by atoms with E-state index in [-0.39, 0.29) is 36.4 Å². The Labute approximate surface area is 182 Å². The smallest absolute Gasteiger partial charge is 0.351 e. The Morgan fingerprint density at radius 3 is 2.66 bits per heavy atom. The van der Waals surface area contributed by atoms with Crippen molar-refractivity contribution < 1.29 is 24.5 Å². The van der Waals surface area contributed by atoms with Gasteiger partial charge in [0.15, 0.2) is 5.60 Å². The van der Waals surface area contributed by atoms with E-state index in [2.05, 4.69) is 0 Å². The van der Waals surface area contributed by atoms with Crippen LogP contribution in [0.15, 0.2) is 29.1 Å². The maximum absolute atomic E-state index is 13.4. The van der Waals surface area contributed by atoms with E-state index in [9.17, 15) is 24.6 Å². The molecule has 0 fully saturated rings. The number of phenolic OH excluding ortho intramolecular Hbond substituents is 1. The first kappa shape index (κ1) is 20.3. The van der Waals surface area contributed by atoms with Crippen molar-refractivity contribution in [2.24, 2.45) is 0 Å². The van der Waals surface area contributed by atoms with Gasteiger partial charge < -0.3 is 24.4 Å². The van der Waals surface area contributed by atoms with Crippen LogP contribution in [-0.2, 0) is 28.2 Å². The van der Waals surface area contributed by atoms with Gasteiger partial charge in [0.2, 0.25) is 0 Å². The zero-order valence-electron chi connectivity index (χ0n) is 17.8. The van der Waals surface area contributed by atoms with E-state index in [1.54, 1.807) is 19.1 Å². The van der Waals surface area contributed by atoms with Crippen LogP contribution in [0.2, 0.25) is 0 Å². The predicted octanol–water partition coefficient (Wildman–Crippen LogP) is 1.49. The molecule has 0 saturated carbocycles. The number of carbonyl (C=O) groups excluding carboxylic acids is 2. The lowest BCUT2D eigenvalue weighted by Crippen LogP contribution is -2.48. The summed E-state index contributed by atoms with van der Waals surface area (Å²) in [6, 6.07) is 6.64. The molecule has 0 saturated heterocycles. The lowest BCUT2D eigenvalue weighted by Gasteiger charge is -2.33. The van der Waals surface area contributed by atoms with E-state index < -0.39 is 23.1 Å². The number of aromatic hydroxyl groups is 1. The normalized spacial score (nSPS) is 19.2. The maximum atomic E-state index is 13.4. The molecular formula is C23H21N3O6. The Bertz CT molecular complexity index is 1410. The Morgan fingerprint density at radius 2 is 1.97 bits per heavy atom. The molecule has 9 nitrogen and oxygen atoms in total. The molecule has 2 aliphatic heterocycles. The summed E-state index contributed by atoms with van der Waals surface area (Å²) in [4.78, 5) is 45.2. The first-order valence-corrected chi connectivity index (χ1v) is 10.2. The number of cyclic esters (lactones) is 2. The van der Waals surface area contributed by atoms with Crippen molar-refractivity contribution in [2.45, 2.75) is 32.0 Å². The highest BCUT2D eigenvalue weighted by atomic mass is 16.6. The molecule has 0 amide bonds. The number of hydrogen-bond acceptors (Lipinski definition) is 8. The minimum atomic E-state index is -2.12. The molecular weight excluding hydrogens is 414 g/mol. The van der Waals surface area contributed by atoms with Gasteiger partial charge in [0.05, 0.1) is 23.4 Å². The molecule has 5 rings (SSSR count). The third-order valence-corrected chi connectivity index (χ3v) is 6.12. The lowest BCUT2D eigenvalue weighted by atomic mass is 9.81. The summed E-state index contributed by atoms with van der Waals surface area (Å²) in [5, 5.41) is 21.8. The van der Waals surface area contributed by atoms with Crippen LogP contribution in [0.3, 0.4) is 0 Å². The van der Waals surface area contributed by atoms with Crippen LogP contribution >= 0.6 is 0 Å². The van der Waals surface area contributed by atoms with Crippen molar-refractivity contribution in [1.29, 1.82) is 0 Å². The van der Waals surface area contributed by atoms with Gasteiger partial charge in [0, 0.05) is 23.1 Å². The number of aromatic nitrogens is 2. The van der Waals surface area contributed by atoms with Crippen LogP contribution in [0, 0.1) is 0 Å². The average Bonchev–Trinajstić information content (AvgIpc) is 3.10. The zero-order chi connectivity index (χ0) is 22.9. The number of rotatable bonds is 3. The number of nitrogens with zero attached hydrogens (tertiary/aromatic N) is 3. The molecule has 1 unspecified atom stereocenters. The summed E-state index contributed by atoms with van der Waals surface area (Å²) in [7, 11) is 3.63. The average molecular weight is 435 g/mol. The molecule has 164 valence electrons. The first-order chi connectivity index (χ1) is 15.2. The van der Waals surface area contributed by atoms with Gasteiger partial charge in [-0.15, -0.1) is 0 Å². The zero-order valence-corrected chi connectivity index (χ0v) is 17.8. The second kappa shape index (κ2) is 6.72. The lowest BCUT2D eigenvalue weighted by molar-refractivity contribution is -0.162. The molecule has 0 bridgehead atoms. The van der Waals surface area contributed by atoms with Crippen molar-refractivity contribution in [1.82, 2.24) is 14.5 Å². The fourth-order valence-electron chi connectivity index (χ4n) is 4.66. The molecule has 3 aromatic rings. The molecule has 2 N–H and O–H groups in total. The van der Waals surface area contributed by atoms with Crippen molar-refractivity contribution in [3.63, 3.8) is 0 Å². The van der Waals surface area contributed by atoms with Crippen LogP contribution < -0.4 is 5.56 Å². The van der Waals surface area contributed by atoms with E-state index in [1.165, 1.54) is 10.6 Å². The van der Waals surface area contributed by atoms with E-state index >= 15 is 0 Å². The quantitative estimate of drug-likeness (QED) is 0.367. The minimum Gasteiger partial charge on any atom is -0.508 e. The molecule has 1 aromatic carbocycles. The van der Waals surface area contributed by atoms with E-state index in [4.69, 9.17) is 9.72 Å². The number of pyridine rings is 2. The molecule has 4 heterocycles. The molecule has 2 aromatic heterocycles. The van der Waals surface area contributed by atoms with E-state index in [0.717, 1.165) is 5.56 Å². The second-order valence-electron chi connectivity index (χ2n) is 8.47. The largest absolute Gasteiger partial charge is 0.508 e. The topological polar surface area (TPSA) is 122 Å². The standard InChI is InChI=1S/C23H21N3O6/c1-4-23(31)17-14(10-25(2)3)19-18-12(7-11-8-13(27)5-6-15(11)24-18)9-26(19)20(28)16(17)21(29)32-22(23)30/h5-8,27,31H,4,9-10H2,1-3H3. The highest BCUT2D eigenvalue weighted by Gasteiger charge is 2.51. The first-order valence-electron chi connectivity index (χ1n) is 10.2. The van der Waals surface area contributed by atoms with Crippen LogP contribution in [0.5, 0.6) is 5.75 Å². The van der Waals surface area contributed by atoms with Gasteiger partial charge in [0.25, 0.3) is 5.56 Å². The Morgan fingerprint density at radius 1 is 1.22 bits per heavy atom. The summed E-state index contributed by atoms with van der Waals surface area (Å²) >= 11 is 0. The molecule has 0 spiro atoms. The minimum absolute atomic E-state index is 0.00616. The molecule has 32 heavy (non-hydrogen) atoms. The van der Waals surface area contributed by atoms with Gasteiger partial charge in [-0.25, -0.2) is 14.6 Å². The molecule has 0 radical (unpaired) electrons. The molecule has 2 aliphatic rings. The number of esters is 2. The van der Waals surface area contributed by atoms with Gasteiger partial charge in [-0.3, -0.25) is 4.79 Å². The van der Waals surface area contributed by atoms with Gasteiger partial charge in [-0.1, -0.05) is 6.92 Å². The Kier molecular flexibility index (Phi) is 4.27. The van der Waals surface area contributed by atoms with Gasteiger partial charge in [-0.05, 0) is 50.3 Å². The second-order valence-corrected chi connectivity index (χ2v) is 8.47. The predicted molar refractivity (Wildman–Crippen MR) is 114 cm³/mol. The molecule has 1 atom stereocenters. The van der Waals surface area contributed by atoms with Crippen molar-refractivity contribution in [2.75, 3.05) is 14.1 Å². The SMILES string of the molecule is CCC1(O)C(=O)OC(=O)c2c1c(CN(C)C)c1n(c2=O)Cc2cc3cc(O)ccc3nc2-1. The summed E-state index contributed by atoms with van der Waals surface area (Å²) in [6.07, 6.45) is -0.0628. The van der Waals surface area contributed by atoms with Crippen LogP contribution in [0.4, 0.5) is 0 Å². The monoisotopic (exact) mass is 435 g/mol. The molecule has 0 aliphatic carbocycles. The summed E-state index contributed by atoms with van der Waals surface area (Å²) in [5.41, 5.74) is -0.188. The Hall–Kier alpha value is -3.56. The summed E-state index contributed by atoms with van der Waals surface area (Å²) < 4.78 is 6.22. The fourth-order valence-corrected chi connectivity index (χ4v) is 4.66. The van der Waals surface area contributed by atoms with E-state index in [0.29, 0.717) is 27.9 Å². The van der Waals surface area contributed by atoms with Gasteiger partial charge in [-0.2, -0.15) is 0 Å². The number of ether oxygens (including phenoxy) is 1. The third-order valence-electron chi connectivity index (χ3n) is 6.12. The van der Waals surface area contributed by atoms with Crippen LogP contribution in [-0.4, -0.2) is 50.7 Å². The highest BCUT2D eigenvalue weighted by molar-refractivity contribution is 6.06. The number of benzene rings is 1. The van der Waals surface area contributed by atoms with Gasteiger partial charge >= 0.3 is 11.9 Å². The summed E-state index contributed by atoms with van der Waals surface area (Å²) in [6.45, 7) is 2.02. The van der Waals surface area contributed by atoms with E-state index in [1.807, 2.05) is 25.1 Å². The molecule has 9 heteroatoms. The fraction of sp³-hybridized carbons (Fsp3) is 0.304. The Balaban J connectivity index is 1.91. The number of hydrogen-bond donors (Lipinski definition) is 2. The van der Waals surface area contributed by atoms with Crippen molar-refractivity contribution >= 4 is 22.8 Å². The number of carbonyl (C=O) groups is 2. The van der Waals surface area contributed by atoms with Crippen LogP contribution in [0.1, 0.15) is 40.4 Å². The summed E-state index contributed by atoms with van der Waals surface area (Å²) in [5.74, 6) is -2.03. The van der Waals surface area contributed by atoms with Crippen LogP contribution in [0.25, 0.3) is 22.3 Å². The maximum Gasteiger partial charge on any atom is 0.351 e. The van der Waals surface area contributed by atoms with Gasteiger partial charge in [0.1, 0.15) is 11.3 Å². The number of fused-ring (bicyclic) bond motifs is 5. The number of aliphatic hydroxyl groups is 1. The van der Waals surface area contributed by atoms with Crippen molar-refractivity contribution in [3.05, 3.63) is 56.9 Å².